The first kappa shape index (κ1) is 14.5. The average molecular weight is 291 g/mol. The maximum Gasteiger partial charge on any atom is 0.516 e. The normalized spacial score (nSPS) is 20.4. The molecule has 3 rings (SSSR count). The summed E-state index contributed by atoms with van der Waals surface area (Å²) >= 11 is 0. The fourth-order valence-corrected chi connectivity index (χ4v) is 2.35. The number of aryl methyl sites for hydroxylation is 2. The molecule has 0 bridgehead atoms. The highest BCUT2D eigenvalue weighted by Gasteiger charge is 2.52. The van der Waals surface area contributed by atoms with Crippen LogP contribution in [0.4, 0.5) is 4.39 Å². The zero-order valence-electron chi connectivity index (χ0n) is 13.2. The number of nitrogens with zero attached hydrogens (tertiary/aromatic N) is 3. The Balaban J connectivity index is 2.09. The molecule has 112 valence electrons. The third kappa shape index (κ3) is 2.07. The number of halogens is 1. The van der Waals surface area contributed by atoms with Crippen molar-refractivity contribution in [2.75, 3.05) is 0 Å². The third-order valence-corrected chi connectivity index (χ3v) is 4.39. The van der Waals surface area contributed by atoms with E-state index in [-0.39, 0.29) is 0 Å². The van der Waals surface area contributed by atoms with Crippen LogP contribution in [0.2, 0.25) is 0 Å². The van der Waals surface area contributed by atoms with Crippen LogP contribution in [0, 0.1) is 19.8 Å². The van der Waals surface area contributed by atoms with Gasteiger partial charge in [-0.2, -0.15) is 14.0 Å². The molecule has 0 N–H and O–H groups in total. The summed E-state index contributed by atoms with van der Waals surface area (Å²) in [6.07, 6.45) is 0. The molecule has 0 saturated carbocycles. The zero-order valence-corrected chi connectivity index (χ0v) is 13.2. The van der Waals surface area contributed by atoms with Gasteiger partial charge < -0.3 is 9.31 Å². The molecule has 0 radical (unpaired) electrons. The van der Waals surface area contributed by atoms with Gasteiger partial charge in [0, 0.05) is 0 Å². The average Bonchev–Trinajstić information content (AvgIpc) is 2.76. The third-order valence-electron chi connectivity index (χ3n) is 4.39. The van der Waals surface area contributed by atoms with E-state index in [9.17, 15) is 4.39 Å². The Hall–Kier alpha value is -1.47. The Morgan fingerprint density at radius 2 is 1.71 bits per heavy atom. The predicted molar refractivity (Wildman–Crippen MR) is 78.1 cm³/mol. The number of rotatable bonds is 1. The molecule has 0 aromatic carbocycles. The van der Waals surface area contributed by atoms with Gasteiger partial charge in [0.1, 0.15) is 0 Å². The van der Waals surface area contributed by atoms with E-state index in [1.54, 1.807) is 6.92 Å². The highest BCUT2D eigenvalue weighted by atomic mass is 19.1. The zero-order chi connectivity index (χ0) is 15.6. The lowest BCUT2D eigenvalue weighted by Gasteiger charge is -2.32. The summed E-state index contributed by atoms with van der Waals surface area (Å²) in [4.78, 5) is 4.18. The van der Waals surface area contributed by atoms with Gasteiger partial charge in [0.05, 0.1) is 22.5 Å². The first-order chi connectivity index (χ1) is 9.62. The summed E-state index contributed by atoms with van der Waals surface area (Å²) in [7, 11) is -0.611. The largest absolute Gasteiger partial charge is 0.516 e. The van der Waals surface area contributed by atoms with Crippen molar-refractivity contribution in [3.63, 3.8) is 0 Å². The van der Waals surface area contributed by atoms with E-state index in [1.807, 2.05) is 40.7 Å². The van der Waals surface area contributed by atoms with Crippen LogP contribution in [0.15, 0.2) is 6.07 Å². The van der Waals surface area contributed by atoms with E-state index in [0.717, 1.165) is 5.56 Å². The summed E-state index contributed by atoms with van der Waals surface area (Å²) in [5.74, 6) is -0.452. The molecule has 1 fully saturated rings. The lowest BCUT2D eigenvalue weighted by molar-refractivity contribution is 0.00578. The van der Waals surface area contributed by atoms with E-state index in [1.165, 1.54) is 4.52 Å². The molecule has 1 saturated heterocycles. The molecule has 1 aliphatic heterocycles. The van der Waals surface area contributed by atoms with Crippen molar-refractivity contribution in [1.29, 1.82) is 0 Å². The molecule has 2 aromatic rings. The minimum absolute atomic E-state index is 0.330. The fourth-order valence-electron chi connectivity index (χ4n) is 2.35. The maximum absolute atomic E-state index is 14.1. The van der Waals surface area contributed by atoms with Crippen molar-refractivity contribution in [2.24, 2.45) is 0 Å². The van der Waals surface area contributed by atoms with Gasteiger partial charge in [0.15, 0.2) is 5.65 Å². The second-order valence-corrected chi connectivity index (χ2v) is 6.56. The van der Waals surface area contributed by atoms with Gasteiger partial charge in [-0.05, 0) is 53.2 Å². The van der Waals surface area contributed by atoms with Crippen molar-refractivity contribution in [3.05, 3.63) is 23.3 Å². The van der Waals surface area contributed by atoms with E-state index < -0.39 is 24.3 Å². The van der Waals surface area contributed by atoms with Crippen LogP contribution >= 0.6 is 0 Å². The fraction of sp³-hybridized carbons (Fsp3) is 0.571. The smallest absolute Gasteiger partial charge is 0.398 e. The van der Waals surface area contributed by atoms with Gasteiger partial charge >= 0.3 is 7.12 Å². The van der Waals surface area contributed by atoms with Gasteiger partial charge in [0.2, 0.25) is 5.95 Å². The van der Waals surface area contributed by atoms with Crippen molar-refractivity contribution < 1.29 is 13.7 Å². The Labute approximate surface area is 123 Å². The number of fused-ring (bicyclic) bond motifs is 1. The van der Waals surface area contributed by atoms with Gasteiger partial charge in [-0.25, -0.2) is 4.98 Å². The molecular weight excluding hydrogens is 272 g/mol. The summed E-state index contributed by atoms with van der Waals surface area (Å²) in [5.41, 5.74) is 1.33. The molecule has 1 aliphatic rings. The topological polar surface area (TPSA) is 48.7 Å². The predicted octanol–water partition coefficient (Wildman–Crippen LogP) is 1.78. The molecule has 0 unspecified atom stereocenters. The molecular formula is C14H19BFN3O2. The first-order valence-corrected chi connectivity index (χ1v) is 7.00. The van der Waals surface area contributed by atoms with Gasteiger partial charge in [0.25, 0.3) is 0 Å². The first-order valence-electron chi connectivity index (χ1n) is 7.00. The van der Waals surface area contributed by atoms with Gasteiger partial charge in [-0.1, -0.05) is 0 Å². The molecule has 3 heterocycles. The summed E-state index contributed by atoms with van der Waals surface area (Å²) in [5, 5.41) is 4.30. The number of hydrogen-bond donors (Lipinski definition) is 0. The van der Waals surface area contributed by atoms with E-state index >= 15 is 0 Å². The maximum atomic E-state index is 14.1. The molecule has 0 amide bonds. The van der Waals surface area contributed by atoms with Crippen molar-refractivity contribution in [2.45, 2.75) is 52.7 Å². The molecule has 0 aliphatic carbocycles. The van der Waals surface area contributed by atoms with Crippen LogP contribution in [-0.2, 0) is 9.31 Å². The molecule has 0 atom stereocenters. The van der Waals surface area contributed by atoms with Crippen LogP contribution < -0.4 is 5.59 Å². The van der Waals surface area contributed by atoms with Crippen molar-refractivity contribution in [1.82, 2.24) is 14.6 Å². The summed E-state index contributed by atoms with van der Waals surface area (Å²) in [6, 6.07) is 1.84. The standard InChI is InChI=1S/C14H19BFN3O2/c1-8-7-10(15-20-13(3,4)14(5,6)21-15)18-19-11(16)9(2)17-12(8)19/h7H,1-6H3. The Bertz CT molecular complexity index is 711. The van der Waals surface area contributed by atoms with Crippen LogP contribution in [0.5, 0.6) is 0 Å². The molecule has 0 spiro atoms. The number of imidazole rings is 1. The minimum atomic E-state index is -0.611. The SMILES string of the molecule is Cc1nc2c(C)cc(B3OC(C)(C)C(C)(C)O3)nn2c1F. The monoisotopic (exact) mass is 291 g/mol. The van der Waals surface area contributed by atoms with Gasteiger partial charge in [-0.15, -0.1) is 0 Å². The second kappa shape index (κ2) is 4.27. The summed E-state index contributed by atoms with van der Waals surface area (Å²) < 4.78 is 27.2. The molecule has 7 heteroatoms. The molecule has 21 heavy (non-hydrogen) atoms. The van der Waals surface area contributed by atoms with Crippen LogP contribution in [0.1, 0.15) is 39.0 Å². The lowest BCUT2D eigenvalue weighted by Crippen LogP contribution is -2.41. The number of hydrogen-bond acceptors (Lipinski definition) is 4. The Kier molecular flexibility index (Phi) is 2.94. The summed E-state index contributed by atoms with van der Waals surface area (Å²) in [6.45, 7) is 11.4. The van der Waals surface area contributed by atoms with Crippen molar-refractivity contribution >= 4 is 18.4 Å². The van der Waals surface area contributed by atoms with Crippen molar-refractivity contribution in [3.8, 4) is 0 Å². The number of aromatic nitrogens is 3. The van der Waals surface area contributed by atoms with E-state index in [0.29, 0.717) is 16.9 Å². The van der Waals surface area contributed by atoms with E-state index in [4.69, 9.17) is 9.31 Å². The van der Waals surface area contributed by atoms with Gasteiger partial charge in [-0.3, -0.25) is 0 Å². The Morgan fingerprint density at radius 3 is 2.29 bits per heavy atom. The van der Waals surface area contributed by atoms with Crippen LogP contribution in [-0.4, -0.2) is 32.9 Å². The quantitative estimate of drug-likeness (QED) is 0.752. The lowest BCUT2D eigenvalue weighted by atomic mass is 9.84. The second-order valence-electron chi connectivity index (χ2n) is 6.56. The minimum Gasteiger partial charge on any atom is -0.398 e. The molecule has 5 nitrogen and oxygen atoms in total. The highest BCUT2D eigenvalue weighted by molar-refractivity contribution is 6.61. The van der Waals surface area contributed by atoms with E-state index in [2.05, 4.69) is 10.1 Å². The van der Waals surface area contributed by atoms with Crippen LogP contribution in [0.3, 0.4) is 0 Å². The molecule has 2 aromatic heterocycles. The van der Waals surface area contributed by atoms with Crippen LogP contribution in [0.25, 0.3) is 5.65 Å². The Morgan fingerprint density at radius 1 is 1.14 bits per heavy atom. The highest BCUT2D eigenvalue weighted by Crippen LogP contribution is 2.36.